The van der Waals surface area contributed by atoms with Crippen LogP contribution >= 0.6 is 0 Å². The number of allylic oxidation sites excluding steroid dienone is 2. The molecule has 2 fully saturated rings. The lowest BCUT2D eigenvalue weighted by atomic mass is 9.63. The van der Waals surface area contributed by atoms with Crippen molar-refractivity contribution < 1.29 is 19.4 Å². The third kappa shape index (κ3) is 2.13. The van der Waals surface area contributed by atoms with Crippen LogP contribution in [0.1, 0.15) is 18.4 Å². The number of carbonyl (C=O) groups excluding carboxylic acids is 2. The number of phenols is 1. The average molecular weight is 326 g/mol. The van der Waals surface area contributed by atoms with E-state index in [1.165, 1.54) is 19.4 Å². The summed E-state index contributed by atoms with van der Waals surface area (Å²) in [4.78, 5) is 25.3. The fourth-order valence-electron chi connectivity index (χ4n) is 4.07. The number of phenolic OH excluding ortho intramolecular Hbond substituents is 1. The van der Waals surface area contributed by atoms with Crippen LogP contribution < -0.4 is 4.74 Å². The van der Waals surface area contributed by atoms with Gasteiger partial charge in [0.15, 0.2) is 11.5 Å². The van der Waals surface area contributed by atoms with Crippen LogP contribution in [0, 0.1) is 23.7 Å². The predicted molar refractivity (Wildman–Crippen MR) is 86.4 cm³/mol. The lowest BCUT2D eigenvalue weighted by molar-refractivity contribution is -0.140. The van der Waals surface area contributed by atoms with Gasteiger partial charge in [-0.05, 0) is 48.4 Å². The minimum absolute atomic E-state index is 0.0247. The van der Waals surface area contributed by atoms with Gasteiger partial charge in [0, 0.05) is 0 Å². The van der Waals surface area contributed by atoms with Crippen molar-refractivity contribution in [3.63, 3.8) is 0 Å². The number of hydrogen-bond acceptors (Lipinski definition) is 5. The SMILES string of the molecule is COc1cc(/C=N\N2C(=O)[C@@H]3[C@H](C2=O)[C@@H]2C=C[C@@H]3CC2)ccc1O. The van der Waals surface area contributed by atoms with E-state index in [9.17, 15) is 14.7 Å². The molecule has 1 saturated heterocycles. The Bertz CT molecular complexity index is 738. The standard InChI is InChI=1S/C18H18N2O4/c1-24-14-8-10(2-7-13(14)21)9-19-20-17(22)15-11-3-4-12(6-5-11)16(15)18(20)23/h2-4,7-9,11-12,15-16,21H,5-6H2,1H3/b19-9-/t11-,12-,15-,16+/m1/s1. The lowest BCUT2D eigenvalue weighted by Gasteiger charge is -2.37. The second-order valence-corrected chi connectivity index (χ2v) is 6.51. The molecule has 1 saturated carbocycles. The highest BCUT2D eigenvalue weighted by Gasteiger charge is 2.56. The van der Waals surface area contributed by atoms with Gasteiger partial charge in [0.25, 0.3) is 11.8 Å². The lowest BCUT2D eigenvalue weighted by Crippen LogP contribution is -2.38. The number of nitrogens with zero attached hydrogens (tertiary/aromatic N) is 2. The zero-order valence-electron chi connectivity index (χ0n) is 13.3. The average Bonchev–Trinajstić information content (AvgIpc) is 2.88. The summed E-state index contributed by atoms with van der Waals surface area (Å²) in [5.74, 6) is -0.265. The zero-order valence-corrected chi connectivity index (χ0v) is 13.3. The minimum Gasteiger partial charge on any atom is -0.504 e. The minimum atomic E-state index is -0.257. The fraction of sp³-hybridized carbons (Fsp3) is 0.389. The maximum Gasteiger partial charge on any atom is 0.254 e. The number of fused-ring (bicyclic) bond motifs is 1. The first-order chi connectivity index (χ1) is 11.6. The number of ether oxygens (including phenoxy) is 1. The van der Waals surface area contributed by atoms with E-state index in [1.54, 1.807) is 12.1 Å². The van der Waals surface area contributed by atoms with Crippen molar-refractivity contribution in [2.45, 2.75) is 12.8 Å². The third-order valence-electron chi connectivity index (χ3n) is 5.26. The number of hydrazone groups is 1. The molecule has 6 heteroatoms. The summed E-state index contributed by atoms with van der Waals surface area (Å²) in [7, 11) is 1.46. The summed E-state index contributed by atoms with van der Waals surface area (Å²) >= 11 is 0. The van der Waals surface area contributed by atoms with Gasteiger partial charge in [0.1, 0.15) is 0 Å². The largest absolute Gasteiger partial charge is 0.504 e. The summed E-state index contributed by atoms with van der Waals surface area (Å²) in [5.41, 5.74) is 0.640. The van der Waals surface area contributed by atoms with Crippen molar-refractivity contribution >= 4 is 18.0 Å². The number of rotatable bonds is 3. The number of amides is 2. The number of imide groups is 1. The van der Waals surface area contributed by atoms with Crippen molar-refractivity contribution in [3.8, 4) is 11.5 Å². The molecule has 4 aliphatic rings. The molecule has 1 aromatic rings. The molecular formula is C18H18N2O4. The Labute approximate surface area is 139 Å². The molecule has 1 aliphatic heterocycles. The Balaban J connectivity index is 1.59. The van der Waals surface area contributed by atoms with Gasteiger partial charge in [-0.15, -0.1) is 0 Å². The van der Waals surface area contributed by atoms with E-state index in [0.29, 0.717) is 11.3 Å². The highest BCUT2D eigenvalue weighted by atomic mass is 16.5. The van der Waals surface area contributed by atoms with Gasteiger partial charge in [0.05, 0.1) is 25.2 Å². The molecule has 5 rings (SSSR count). The number of methoxy groups -OCH3 is 1. The first-order valence-corrected chi connectivity index (χ1v) is 8.07. The molecule has 124 valence electrons. The summed E-state index contributed by atoms with van der Waals surface area (Å²) in [6, 6.07) is 4.73. The molecule has 1 heterocycles. The second-order valence-electron chi connectivity index (χ2n) is 6.51. The van der Waals surface area contributed by atoms with Gasteiger partial charge in [-0.25, -0.2) is 0 Å². The number of benzene rings is 1. The zero-order chi connectivity index (χ0) is 16.8. The van der Waals surface area contributed by atoms with Crippen LogP contribution in [-0.4, -0.2) is 35.3 Å². The van der Waals surface area contributed by atoms with E-state index >= 15 is 0 Å². The molecule has 3 aliphatic carbocycles. The van der Waals surface area contributed by atoms with E-state index in [2.05, 4.69) is 17.3 Å². The van der Waals surface area contributed by atoms with Crippen molar-refractivity contribution in [1.82, 2.24) is 5.01 Å². The monoisotopic (exact) mass is 326 g/mol. The van der Waals surface area contributed by atoms with Gasteiger partial charge < -0.3 is 9.84 Å². The van der Waals surface area contributed by atoms with E-state index in [0.717, 1.165) is 17.9 Å². The summed E-state index contributed by atoms with van der Waals surface area (Å²) in [5, 5.41) is 14.8. The Kier molecular flexibility index (Phi) is 3.40. The van der Waals surface area contributed by atoms with Crippen molar-refractivity contribution in [2.24, 2.45) is 28.8 Å². The quantitative estimate of drug-likeness (QED) is 0.523. The van der Waals surface area contributed by atoms with Crippen LogP contribution in [0.2, 0.25) is 0 Å². The highest BCUT2D eigenvalue weighted by molar-refractivity contribution is 6.06. The Hall–Kier alpha value is -2.63. The van der Waals surface area contributed by atoms with Crippen LogP contribution in [0.15, 0.2) is 35.5 Å². The highest BCUT2D eigenvalue weighted by Crippen LogP contribution is 2.49. The van der Waals surface area contributed by atoms with Gasteiger partial charge in [-0.2, -0.15) is 10.1 Å². The summed E-state index contributed by atoms with van der Waals surface area (Å²) in [6.45, 7) is 0. The van der Waals surface area contributed by atoms with Crippen molar-refractivity contribution in [1.29, 1.82) is 0 Å². The smallest absolute Gasteiger partial charge is 0.254 e. The van der Waals surface area contributed by atoms with Crippen LogP contribution in [0.3, 0.4) is 0 Å². The molecule has 24 heavy (non-hydrogen) atoms. The van der Waals surface area contributed by atoms with E-state index in [4.69, 9.17) is 4.74 Å². The van der Waals surface area contributed by atoms with Crippen LogP contribution in [-0.2, 0) is 9.59 Å². The van der Waals surface area contributed by atoms with Crippen molar-refractivity contribution in [3.05, 3.63) is 35.9 Å². The van der Waals surface area contributed by atoms with E-state index in [-0.39, 0.29) is 41.2 Å². The summed E-state index contributed by atoms with van der Waals surface area (Å²) in [6.07, 6.45) is 7.55. The molecule has 0 aromatic heterocycles. The first-order valence-electron chi connectivity index (χ1n) is 8.07. The van der Waals surface area contributed by atoms with Gasteiger partial charge >= 0.3 is 0 Å². The maximum atomic E-state index is 12.6. The second kappa shape index (κ2) is 5.47. The molecule has 0 spiro atoms. The van der Waals surface area contributed by atoms with Crippen molar-refractivity contribution in [2.75, 3.05) is 7.11 Å². The third-order valence-corrected chi connectivity index (χ3v) is 5.26. The molecule has 1 N–H and O–H groups in total. The van der Waals surface area contributed by atoms with Crippen LogP contribution in [0.25, 0.3) is 0 Å². The van der Waals surface area contributed by atoms with E-state index < -0.39 is 0 Å². The van der Waals surface area contributed by atoms with Gasteiger partial charge in [-0.3, -0.25) is 9.59 Å². The Morgan fingerprint density at radius 1 is 1.17 bits per heavy atom. The number of carbonyl (C=O) groups is 2. The molecule has 4 atom stereocenters. The molecule has 2 amide bonds. The summed E-state index contributed by atoms with van der Waals surface area (Å²) < 4.78 is 5.05. The molecular weight excluding hydrogens is 308 g/mol. The van der Waals surface area contributed by atoms with Crippen LogP contribution in [0.5, 0.6) is 11.5 Å². The van der Waals surface area contributed by atoms with E-state index in [1.807, 2.05) is 0 Å². The molecule has 0 unspecified atom stereocenters. The molecule has 1 aromatic carbocycles. The molecule has 2 bridgehead atoms. The Morgan fingerprint density at radius 3 is 2.33 bits per heavy atom. The molecule has 0 radical (unpaired) electrons. The normalized spacial score (nSPS) is 31.1. The fourth-order valence-corrected chi connectivity index (χ4v) is 4.07. The maximum absolute atomic E-state index is 12.6. The number of aromatic hydroxyl groups is 1. The van der Waals surface area contributed by atoms with Gasteiger partial charge in [0.2, 0.25) is 0 Å². The van der Waals surface area contributed by atoms with Gasteiger partial charge in [-0.1, -0.05) is 12.2 Å². The first kappa shape index (κ1) is 14.9. The van der Waals surface area contributed by atoms with Crippen LogP contribution in [0.4, 0.5) is 0 Å². The molecule has 6 nitrogen and oxygen atoms in total. The number of hydrogen-bond donors (Lipinski definition) is 1. The topological polar surface area (TPSA) is 79.2 Å². The Morgan fingerprint density at radius 2 is 1.79 bits per heavy atom. The predicted octanol–water partition coefficient (Wildman–Crippen LogP) is 1.93.